The minimum atomic E-state index is -0.904. The molecule has 128 valence electrons. The number of anilines is 1. The van der Waals surface area contributed by atoms with Gasteiger partial charge in [-0.05, 0) is 50.3 Å². The van der Waals surface area contributed by atoms with E-state index in [2.05, 4.69) is 15.3 Å². The average Bonchev–Trinajstić information content (AvgIpc) is 3.01. The zero-order chi connectivity index (χ0) is 17.4. The van der Waals surface area contributed by atoms with Crippen molar-refractivity contribution in [3.05, 3.63) is 35.0 Å². The molecule has 0 aliphatic heterocycles. The first-order chi connectivity index (χ1) is 12.1. The summed E-state index contributed by atoms with van der Waals surface area (Å²) in [5.41, 5.74) is 2.10. The Hall–Kier alpha value is -2.54. The van der Waals surface area contributed by atoms with Gasteiger partial charge in [0.2, 0.25) is 0 Å². The summed E-state index contributed by atoms with van der Waals surface area (Å²) in [6.45, 7) is 1.62. The van der Waals surface area contributed by atoms with Crippen molar-refractivity contribution in [1.82, 2.24) is 15.0 Å². The van der Waals surface area contributed by atoms with Crippen LogP contribution in [0.15, 0.2) is 24.5 Å². The normalized spacial score (nSPS) is 14.9. The number of carbonyl (C=O) groups is 1. The van der Waals surface area contributed by atoms with Crippen molar-refractivity contribution in [2.75, 3.05) is 5.32 Å². The smallest absolute Gasteiger partial charge is 0.325 e. The van der Waals surface area contributed by atoms with Crippen molar-refractivity contribution in [3.8, 4) is 11.4 Å². The molecule has 2 N–H and O–H groups in total. The molecule has 0 saturated carbocycles. The second-order valence-electron chi connectivity index (χ2n) is 6.23. The number of pyridine rings is 1. The summed E-state index contributed by atoms with van der Waals surface area (Å²) in [6.07, 6.45) is 7.83. The molecule has 7 heteroatoms. The molecule has 25 heavy (non-hydrogen) atoms. The van der Waals surface area contributed by atoms with E-state index in [-0.39, 0.29) is 0 Å². The number of carboxylic acid groups (broad SMARTS) is 1. The van der Waals surface area contributed by atoms with Crippen molar-refractivity contribution in [3.63, 3.8) is 0 Å². The van der Waals surface area contributed by atoms with Crippen LogP contribution < -0.4 is 5.32 Å². The minimum absolute atomic E-state index is 0.569. The van der Waals surface area contributed by atoms with E-state index in [9.17, 15) is 9.90 Å². The molecule has 0 bridgehead atoms. The third-order valence-electron chi connectivity index (χ3n) is 4.46. The fourth-order valence-corrected chi connectivity index (χ4v) is 4.41. The third-order valence-corrected chi connectivity index (χ3v) is 5.64. The monoisotopic (exact) mass is 354 g/mol. The maximum absolute atomic E-state index is 11.3. The van der Waals surface area contributed by atoms with E-state index in [1.807, 2.05) is 12.1 Å². The Bertz CT molecular complexity index is 939. The quantitative estimate of drug-likeness (QED) is 0.745. The van der Waals surface area contributed by atoms with Crippen LogP contribution in [0, 0.1) is 0 Å². The van der Waals surface area contributed by atoms with Gasteiger partial charge in [-0.3, -0.25) is 9.78 Å². The van der Waals surface area contributed by atoms with Crippen molar-refractivity contribution in [1.29, 1.82) is 0 Å². The summed E-state index contributed by atoms with van der Waals surface area (Å²) in [7, 11) is 0. The Kier molecular flexibility index (Phi) is 4.09. The minimum Gasteiger partial charge on any atom is -0.480 e. The van der Waals surface area contributed by atoms with Gasteiger partial charge in [0.1, 0.15) is 16.7 Å². The standard InChI is InChI=1S/C18H18N4O2S/c1-10(18(23)24)20-16-14-12-6-2-3-7-13(12)25-17(14)22-15(21-16)11-5-4-8-19-9-11/h4-5,8-10H,2-3,6-7H2,1H3,(H,23,24)(H,20,21,22)/t10-/m1/s1. The molecule has 0 spiro atoms. The Balaban J connectivity index is 1.91. The van der Waals surface area contributed by atoms with Crippen LogP contribution in [0.4, 0.5) is 5.82 Å². The van der Waals surface area contributed by atoms with E-state index in [1.165, 1.54) is 16.9 Å². The van der Waals surface area contributed by atoms with Gasteiger partial charge >= 0.3 is 5.97 Å². The predicted molar refractivity (Wildman–Crippen MR) is 98.0 cm³/mol. The zero-order valence-electron chi connectivity index (χ0n) is 13.8. The van der Waals surface area contributed by atoms with Gasteiger partial charge in [-0.2, -0.15) is 0 Å². The fourth-order valence-electron chi connectivity index (χ4n) is 3.15. The van der Waals surface area contributed by atoms with Crippen molar-refractivity contribution < 1.29 is 9.90 Å². The van der Waals surface area contributed by atoms with E-state index in [1.54, 1.807) is 30.7 Å². The summed E-state index contributed by atoms with van der Waals surface area (Å²) in [4.78, 5) is 27.1. The number of fused-ring (bicyclic) bond motifs is 3. The summed E-state index contributed by atoms with van der Waals surface area (Å²) in [5.74, 6) is 0.274. The molecule has 4 rings (SSSR count). The lowest BCUT2D eigenvalue weighted by Gasteiger charge is -2.15. The molecule has 0 saturated heterocycles. The molecule has 0 fully saturated rings. The molecule has 1 aliphatic carbocycles. The van der Waals surface area contributed by atoms with E-state index in [4.69, 9.17) is 4.98 Å². The van der Waals surface area contributed by atoms with Crippen molar-refractivity contribution >= 4 is 33.3 Å². The van der Waals surface area contributed by atoms with Gasteiger partial charge in [-0.15, -0.1) is 11.3 Å². The largest absolute Gasteiger partial charge is 0.480 e. The van der Waals surface area contributed by atoms with E-state index in [0.29, 0.717) is 11.6 Å². The second-order valence-corrected chi connectivity index (χ2v) is 7.32. The van der Waals surface area contributed by atoms with Crippen LogP contribution in [0.25, 0.3) is 21.6 Å². The summed E-state index contributed by atoms with van der Waals surface area (Å²) >= 11 is 1.70. The van der Waals surface area contributed by atoms with Gasteiger partial charge in [0.05, 0.1) is 5.39 Å². The lowest BCUT2D eigenvalue weighted by atomic mass is 9.97. The number of hydrogen-bond donors (Lipinski definition) is 2. The van der Waals surface area contributed by atoms with Crippen LogP contribution in [-0.2, 0) is 17.6 Å². The molecule has 0 aromatic carbocycles. The fraction of sp³-hybridized carbons (Fsp3) is 0.333. The number of rotatable bonds is 4. The molecular weight excluding hydrogens is 336 g/mol. The Morgan fingerprint density at radius 3 is 2.92 bits per heavy atom. The highest BCUT2D eigenvalue weighted by Gasteiger charge is 2.23. The van der Waals surface area contributed by atoms with E-state index >= 15 is 0 Å². The number of nitrogens with one attached hydrogen (secondary N) is 1. The van der Waals surface area contributed by atoms with Crippen molar-refractivity contribution in [2.24, 2.45) is 0 Å². The highest BCUT2D eigenvalue weighted by molar-refractivity contribution is 7.19. The molecule has 3 heterocycles. The van der Waals surface area contributed by atoms with Gasteiger partial charge in [0.15, 0.2) is 5.82 Å². The van der Waals surface area contributed by atoms with Crippen LogP contribution in [0.3, 0.4) is 0 Å². The Morgan fingerprint density at radius 2 is 2.16 bits per heavy atom. The van der Waals surface area contributed by atoms with Crippen LogP contribution >= 0.6 is 11.3 Å². The number of hydrogen-bond acceptors (Lipinski definition) is 6. The second kappa shape index (κ2) is 6.40. The topological polar surface area (TPSA) is 88.0 Å². The van der Waals surface area contributed by atoms with Gasteiger partial charge in [0, 0.05) is 22.8 Å². The van der Waals surface area contributed by atoms with Crippen LogP contribution in [0.2, 0.25) is 0 Å². The number of thiophene rings is 1. The molecule has 3 aromatic rings. The van der Waals surface area contributed by atoms with Crippen LogP contribution in [0.1, 0.15) is 30.2 Å². The first-order valence-corrected chi connectivity index (χ1v) is 9.17. The molecule has 0 radical (unpaired) electrons. The SMILES string of the molecule is C[C@@H](Nc1nc(-c2cccnc2)nc2sc3c(c12)CCCC3)C(=O)O. The first kappa shape index (κ1) is 16.0. The number of aromatic nitrogens is 3. The molecule has 0 unspecified atom stereocenters. The Labute approximate surface area is 149 Å². The van der Waals surface area contributed by atoms with E-state index < -0.39 is 12.0 Å². The highest BCUT2D eigenvalue weighted by atomic mass is 32.1. The molecule has 1 aliphatic rings. The van der Waals surface area contributed by atoms with E-state index in [0.717, 1.165) is 35.0 Å². The first-order valence-electron chi connectivity index (χ1n) is 8.35. The predicted octanol–water partition coefficient (Wildman–Crippen LogP) is 3.52. The molecule has 0 amide bonds. The maximum atomic E-state index is 11.3. The third kappa shape index (κ3) is 2.95. The van der Waals surface area contributed by atoms with Gasteiger partial charge in [-0.25, -0.2) is 9.97 Å². The summed E-state index contributed by atoms with van der Waals surface area (Å²) < 4.78 is 0. The van der Waals surface area contributed by atoms with Crippen LogP contribution in [0.5, 0.6) is 0 Å². The van der Waals surface area contributed by atoms with Gasteiger partial charge in [-0.1, -0.05) is 0 Å². The van der Waals surface area contributed by atoms with Crippen LogP contribution in [-0.4, -0.2) is 32.1 Å². The Morgan fingerprint density at radius 1 is 1.32 bits per heavy atom. The molecule has 3 aromatic heterocycles. The number of carboxylic acids is 1. The van der Waals surface area contributed by atoms with Gasteiger partial charge < -0.3 is 10.4 Å². The summed E-state index contributed by atoms with van der Waals surface area (Å²) in [6, 6.07) is 3.03. The molecule has 6 nitrogen and oxygen atoms in total. The lowest BCUT2D eigenvalue weighted by Crippen LogP contribution is -2.26. The highest BCUT2D eigenvalue weighted by Crippen LogP contribution is 2.39. The molecular formula is C18H18N4O2S. The van der Waals surface area contributed by atoms with Crippen molar-refractivity contribution in [2.45, 2.75) is 38.6 Å². The summed E-state index contributed by atoms with van der Waals surface area (Å²) in [5, 5.41) is 13.3. The zero-order valence-corrected chi connectivity index (χ0v) is 14.6. The lowest BCUT2D eigenvalue weighted by molar-refractivity contribution is -0.137. The average molecular weight is 354 g/mol. The maximum Gasteiger partial charge on any atom is 0.325 e. The molecule has 1 atom stereocenters. The van der Waals surface area contributed by atoms with Gasteiger partial charge in [0.25, 0.3) is 0 Å². The number of nitrogens with zero attached hydrogens (tertiary/aromatic N) is 3. The number of aliphatic carboxylic acids is 1. The number of aryl methyl sites for hydroxylation is 2.